The van der Waals surface area contributed by atoms with Crippen LogP contribution in [0.5, 0.6) is 17.2 Å². The summed E-state index contributed by atoms with van der Waals surface area (Å²) in [5, 5.41) is 9.67. The Morgan fingerprint density at radius 2 is 1.91 bits per heavy atom. The highest BCUT2D eigenvalue weighted by atomic mass is 19.4. The fourth-order valence-corrected chi connectivity index (χ4v) is 3.90. The van der Waals surface area contributed by atoms with Crippen LogP contribution in [0.1, 0.15) is 34.6 Å². The first-order valence-electron chi connectivity index (χ1n) is 10.1. The Hall–Kier alpha value is -3.89. The lowest BCUT2D eigenvalue weighted by Crippen LogP contribution is -2.35. The van der Waals surface area contributed by atoms with Crippen LogP contribution in [0, 0.1) is 0 Å². The maximum absolute atomic E-state index is 13.9. The number of alkyl halides is 3. The van der Waals surface area contributed by atoms with Gasteiger partial charge in [0.2, 0.25) is 6.79 Å². The zero-order valence-electron chi connectivity index (χ0n) is 17.3. The average molecular weight is 460 g/mol. The number of nitrogens with one attached hydrogen (secondary N) is 2. The number of carbonyl (C=O) groups excluding carboxylic acids is 1. The number of anilines is 2. The summed E-state index contributed by atoms with van der Waals surface area (Å²) in [5.74, 6) is 1.12. The van der Waals surface area contributed by atoms with Gasteiger partial charge in [0.25, 0.3) is 5.91 Å². The van der Waals surface area contributed by atoms with Gasteiger partial charge in [-0.05, 0) is 42.0 Å². The lowest BCUT2D eigenvalue weighted by Gasteiger charge is -2.33. The van der Waals surface area contributed by atoms with Crippen LogP contribution in [0.2, 0.25) is 0 Å². The Balaban J connectivity index is 1.42. The highest BCUT2D eigenvalue weighted by Crippen LogP contribution is 2.45. The molecule has 1 amide bonds. The minimum atomic E-state index is -4.55. The first kappa shape index (κ1) is 21.0. The maximum atomic E-state index is 13.9. The van der Waals surface area contributed by atoms with Crippen molar-refractivity contribution in [2.45, 2.75) is 24.7 Å². The molecule has 1 aromatic heterocycles. The third-order valence-electron chi connectivity index (χ3n) is 5.57. The van der Waals surface area contributed by atoms with Gasteiger partial charge in [0.1, 0.15) is 11.6 Å². The van der Waals surface area contributed by atoms with Crippen LogP contribution in [0.15, 0.2) is 48.5 Å². The van der Waals surface area contributed by atoms with Crippen molar-refractivity contribution in [1.29, 1.82) is 0 Å². The fourth-order valence-electron chi connectivity index (χ4n) is 3.90. The second kappa shape index (κ2) is 7.91. The van der Waals surface area contributed by atoms with E-state index in [0.717, 1.165) is 4.68 Å². The molecule has 0 bridgehead atoms. The molecule has 2 N–H and O–H groups in total. The summed E-state index contributed by atoms with van der Waals surface area (Å²) >= 11 is 0. The topological polar surface area (TPSA) is 86.6 Å². The van der Waals surface area contributed by atoms with E-state index in [4.69, 9.17) is 14.2 Å². The second-order valence-corrected chi connectivity index (χ2v) is 7.64. The smallest absolute Gasteiger partial charge is 0.410 e. The van der Waals surface area contributed by atoms with Crippen molar-refractivity contribution in [2.75, 3.05) is 24.5 Å². The van der Waals surface area contributed by atoms with Crippen molar-refractivity contribution in [3.8, 4) is 17.2 Å². The molecule has 3 heterocycles. The third kappa shape index (κ3) is 4.01. The number of hydrogen-bond acceptors (Lipinski definition) is 6. The van der Waals surface area contributed by atoms with E-state index in [1.807, 2.05) is 0 Å². The minimum absolute atomic E-state index is 0.0709. The van der Waals surface area contributed by atoms with Gasteiger partial charge in [-0.15, -0.1) is 0 Å². The first-order chi connectivity index (χ1) is 15.8. The first-order valence-corrected chi connectivity index (χ1v) is 10.1. The number of amides is 1. The Labute approximate surface area is 186 Å². The summed E-state index contributed by atoms with van der Waals surface area (Å²) in [5.41, 5.74) is 0.949. The number of aromatic nitrogens is 2. The van der Waals surface area contributed by atoms with Crippen molar-refractivity contribution in [2.24, 2.45) is 0 Å². The van der Waals surface area contributed by atoms with Crippen LogP contribution in [-0.2, 0) is 0 Å². The van der Waals surface area contributed by atoms with E-state index in [9.17, 15) is 18.0 Å². The Morgan fingerprint density at radius 1 is 1.15 bits per heavy atom. The Bertz CT molecular complexity index is 1190. The summed E-state index contributed by atoms with van der Waals surface area (Å²) in [4.78, 5) is 12.7. The molecule has 0 radical (unpaired) electrons. The number of carbonyl (C=O) groups is 1. The van der Waals surface area contributed by atoms with Gasteiger partial charge < -0.3 is 24.8 Å². The molecule has 172 valence electrons. The monoisotopic (exact) mass is 460 g/mol. The standard InChI is InChI=1S/C22H19F3N4O4/c1-31-14-5-3-13(4-6-14)26-21(30)16-10-20-27-15(9-19(22(23,24)25)29(20)28-16)12-2-7-17-18(8-12)33-11-32-17/h2-8,10,15,19,27H,9,11H2,1H3,(H,26,30)/t15-,19+/m0/s1. The van der Waals surface area contributed by atoms with Crippen molar-refractivity contribution in [3.63, 3.8) is 0 Å². The highest BCUT2D eigenvalue weighted by Gasteiger charge is 2.47. The van der Waals surface area contributed by atoms with Gasteiger partial charge in [0, 0.05) is 18.2 Å². The zero-order chi connectivity index (χ0) is 23.2. The highest BCUT2D eigenvalue weighted by molar-refractivity contribution is 6.03. The van der Waals surface area contributed by atoms with Crippen molar-refractivity contribution >= 4 is 17.4 Å². The van der Waals surface area contributed by atoms with Crippen molar-refractivity contribution < 1.29 is 32.2 Å². The molecule has 0 aliphatic carbocycles. The SMILES string of the molecule is COc1ccc(NC(=O)c2cc3n(n2)[C@@H](C(F)(F)F)C[C@@H](c2ccc4c(c2)OCO4)N3)cc1. The second-order valence-electron chi connectivity index (χ2n) is 7.64. The van der Waals surface area contributed by atoms with Crippen LogP contribution in [0.4, 0.5) is 24.7 Å². The van der Waals surface area contributed by atoms with E-state index in [-0.39, 0.29) is 24.7 Å². The van der Waals surface area contributed by atoms with Gasteiger partial charge in [0.15, 0.2) is 23.2 Å². The number of rotatable bonds is 4. The van der Waals surface area contributed by atoms with Crippen LogP contribution in [0.3, 0.4) is 0 Å². The molecule has 0 unspecified atom stereocenters. The Kier molecular flexibility index (Phi) is 5.03. The van der Waals surface area contributed by atoms with E-state index in [0.29, 0.717) is 28.5 Å². The summed E-state index contributed by atoms with van der Waals surface area (Å²) < 4.78 is 58.3. The number of hydrogen-bond donors (Lipinski definition) is 2. The van der Waals surface area contributed by atoms with E-state index in [1.165, 1.54) is 13.2 Å². The van der Waals surface area contributed by atoms with E-state index in [2.05, 4.69) is 15.7 Å². The normalized spacial score (nSPS) is 18.9. The van der Waals surface area contributed by atoms with Gasteiger partial charge >= 0.3 is 6.18 Å². The number of methoxy groups -OCH3 is 1. The Morgan fingerprint density at radius 3 is 2.64 bits per heavy atom. The van der Waals surface area contributed by atoms with Crippen LogP contribution < -0.4 is 24.8 Å². The van der Waals surface area contributed by atoms with E-state index in [1.54, 1.807) is 42.5 Å². The number of fused-ring (bicyclic) bond motifs is 2. The molecule has 0 saturated heterocycles. The van der Waals surface area contributed by atoms with Crippen LogP contribution in [-0.4, -0.2) is 35.8 Å². The van der Waals surface area contributed by atoms with Gasteiger partial charge in [-0.25, -0.2) is 4.68 Å². The van der Waals surface area contributed by atoms with Gasteiger partial charge in [0.05, 0.1) is 13.2 Å². The van der Waals surface area contributed by atoms with Gasteiger partial charge in [-0.3, -0.25) is 4.79 Å². The summed E-state index contributed by atoms with van der Waals surface area (Å²) in [6.45, 7) is 0.0709. The molecule has 5 rings (SSSR count). The largest absolute Gasteiger partial charge is 0.497 e. The molecule has 8 nitrogen and oxygen atoms in total. The molecule has 3 aromatic rings. The molecule has 0 spiro atoms. The lowest BCUT2D eigenvalue weighted by molar-refractivity contribution is -0.173. The zero-order valence-corrected chi connectivity index (χ0v) is 17.3. The van der Waals surface area contributed by atoms with Crippen LogP contribution >= 0.6 is 0 Å². The minimum Gasteiger partial charge on any atom is -0.497 e. The number of benzene rings is 2. The number of nitrogens with zero attached hydrogens (tertiary/aromatic N) is 2. The van der Waals surface area contributed by atoms with Crippen molar-refractivity contribution in [3.05, 3.63) is 59.8 Å². The molecule has 0 saturated carbocycles. The average Bonchev–Trinajstić information content (AvgIpc) is 3.44. The molecular formula is C22H19F3N4O4. The molecular weight excluding hydrogens is 441 g/mol. The predicted octanol–water partition coefficient (Wildman–Crippen LogP) is 4.53. The lowest BCUT2D eigenvalue weighted by atomic mass is 9.96. The fraction of sp³-hybridized carbons (Fsp3) is 0.273. The van der Waals surface area contributed by atoms with Gasteiger partial charge in [-0.1, -0.05) is 6.07 Å². The summed E-state index contributed by atoms with van der Waals surface area (Å²) in [6.07, 6.45) is -4.85. The predicted molar refractivity (Wildman–Crippen MR) is 112 cm³/mol. The van der Waals surface area contributed by atoms with Gasteiger partial charge in [-0.2, -0.15) is 18.3 Å². The van der Waals surface area contributed by atoms with E-state index >= 15 is 0 Å². The molecule has 2 atom stereocenters. The quantitative estimate of drug-likeness (QED) is 0.595. The maximum Gasteiger partial charge on any atom is 0.410 e. The summed E-state index contributed by atoms with van der Waals surface area (Å²) in [7, 11) is 1.52. The van der Waals surface area contributed by atoms with Crippen molar-refractivity contribution in [1.82, 2.24) is 9.78 Å². The molecule has 2 aliphatic rings. The molecule has 2 aliphatic heterocycles. The molecule has 2 aromatic carbocycles. The molecule has 0 fully saturated rings. The number of halogens is 3. The van der Waals surface area contributed by atoms with E-state index < -0.39 is 24.2 Å². The van der Waals surface area contributed by atoms with Crippen LogP contribution in [0.25, 0.3) is 0 Å². The number of ether oxygens (including phenoxy) is 3. The summed E-state index contributed by atoms with van der Waals surface area (Å²) in [6, 6.07) is 10.4. The third-order valence-corrected chi connectivity index (χ3v) is 5.57. The molecule has 11 heteroatoms. The molecule has 33 heavy (non-hydrogen) atoms.